The van der Waals surface area contributed by atoms with E-state index in [1.807, 2.05) is 0 Å². The second kappa shape index (κ2) is 6.03. The molecule has 2 rings (SSSR count). The number of benzene rings is 2. The number of rotatable bonds is 4. The Bertz CT molecular complexity index is 520. The number of aliphatic hydroxyl groups excluding tert-OH is 1. The van der Waals surface area contributed by atoms with E-state index in [2.05, 4.69) is 63.2 Å². The van der Waals surface area contributed by atoms with E-state index in [0.717, 1.165) is 6.42 Å². The minimum atomic E-state index is -0.316. The van der Waals surface area contributed by atoms with Crippen LogP contribution in [0, 0.1) is 20.8 Å². The lowest BCUT2D eigenvalue weighted by Gasteiger charge is -2.12. The molecule has 0 saturated carbocycles. The molecule has 0 radical (unpaired) electrons. The fourth-order valence-corrected chi connectivity index (χ4v) is 2.53. The van der Waals surface area contributed by atoms with Crippen molar-refractivity contribution < 1.29 is 5.11 Å². The molecule has 1 atom stereocenters. The summed E-state index contributed by atoms with van der Waals surface area (Å²) < 4.78 is 0. The van der Waals surface area contributed by atoms with Crippen LogP contribution in [0.25, 0.3) is 0 Å². The molecular formula is C18H22O. The molecule has 0 spiro atoms. The first kappa shape index (κ1) is 13.8. The molecule has 1 heteroatoms. The molecular weight excluding hydrogens is 232 g/mol. The van der Waals surface area contributed by atoms with E-state index in [0.29, 0.717) is 6.42 Å². The van der Waals surface area contributed by atoms with Gasteiger partial charge in [0.05, 0.1) is 6.10 Å². The third-order valence-electron chi connectivity index (χ3n) is 3.34. The van der Waals surface area contributed by atoms with Gasteiger partial charge < -0.3 is 5.11 Å². The molecule has 1 unspecified atom stereocenters. The topological polar surface area (TPSA) is 20.2 Å². The average Bonchev–Trinajstić information content (AvgIpc) is 2.30. The summed E-state index contributed by atoms with van der Waals surface area (Å²) in [7, 11) is 0. The Morgan fingerprint density at radius 2 is 1.26 bits per heavy atom. The molecule has 0 amide bonds. The van der Waals surface area contributed by atoms with Crippen molar-refractivity contribution in [1.29, 1.82) is 0 Å². The van der Waals surface area contributed by atoms with Gasteiger partial charge in [0.25, 0.3) is 0 Å². The Kier molecular flexibility index (Phi) is 4.39. The highest BCUT2D eigenvalue weighted by atomic mass is 16.3. The Morgan fingerprint density at radius 3 is 1.84 bits per heavy atom. The van der Waals surface area contributed by atoms with Crippen molar-refractivity contribution in [2.24, 2.45) is 0 Å². The van der Waals surface area contributed by atoms with Gasteiger partial charge in [0, 0.05) is 0 Å². The lowest BCUT2D eigenvalue weighted by Crippen LogP contribution is -2.14. The minimum absolute atomic E-state index is 0.316. The van der Waals surface area contributed by atoms with Crippen molar-refractivity contribution in [2.75, 3.05) is 0 Å². The maximum Gasteiger partial charge on any atom is 0.0620 e. The van der Waals surface area contributed by atoms with Gasteiger partial charge >= 0.3 is 0 Å². The van der Waals surface area contributed by atoms with E-state index in [4.69, 9.17) is 0 Å². The maximum absolute atomic E-state index is 10.2. The SMILES string of the molecule is Cc1ccc(CC(O)Cc2cc(C)cc(C)c2)cc1. The van der Waals surface area contributed by atoms with E-state index < -0.39 is 0 Å². The van der Waals surface area contributed by atoms with E-state index in [-0.39, 0.29) is 6.10 Å². The van der Waals surface area contributed by atoms with Gasteiger partial charge in [0.15, 0.2) is 0 Å². The van der Waals surface area contributed by atoms with Gasteiger partial charge in [0.1, 0.15) is 0 Å². The van der Waals surface area contributed by atoms with Gasteiger partial charge in [-0.05, 0) is 44.7 Å². The van der Waals surface area contributed by atoms with Gasteiger partial charge in [-0.2, -0.15) is 0 Å². The van der Waals surface area contributed by atoms with Gasteiger partial charge in [0.2, 0.25) is 0 Å². The van der Waals surface area contributed by atoms with Crippen LogP contribution >= 0.6 is 0 Å². The van der Waals surface area contributed by atoms with Crippen LogP contribution in [0.15, 0.2) is 42.5 Å². The van der Waals surface area contributed by atoms with Crippen LogP contribution in [-0.4, -0.2) is 11.2 Å². The third kappa shape index (κ3) is 4.22. The summed E-state index contributed by atoms with van der Waals surface area (Å²) in [6, 6.07) is 14.9. The van der Waals surface area contributed by atoms with Crippen LogP contribution in [0.5, 0.6) is 0 Å². The van der Waals surface area contributed by atoms with E-state index >= 15 is 0 Å². The smallest absolute Gasteiger partial charge is 0.0620 e. The zero-order chi connectivity index (χ0) is 13.8. The molecule has 0 aromatic heterocycles. The zero-order valence-electron chi connectivity index (χ0n) is 12.0. The standard InChI is InChI=1S/C18H22O/c1-13-4-6-16(7-5-13)11-18(19)12-17-9-14(2)8-15(3)10-17/h4-10,18-19H,11-12H2,1-3H3. The fourth-order valence-electron chi connectivity index (χ4n) is 2.53. The van der Waals surface area contributed by atoms with Gasteiger partial charge in [-0.15, -0.1) is 0 Å². The highest BCUT2D eigenvalue weighted by Gasteiger charge is 2.07. The average molecular weight is 254 g/mol. The summed E-state index contributed by atoms with van der Waals surface area (Å²) in [6.45, 7) is 6.28. The van der Waals surface area contributed by atoms with Gasteiger partial charge in [-0.25, -0.2) is 0 Å². The maximum atomic E-state index is 10.2. The van der Waals surface area contributed by atoms with Gasteiger partial charge in [-0.1, -0.05) is 59.2 Å². The van der Waals surface area contributed by atoms with E-state index in [9.17, 15) is 5.11 Å². The molecule has 1 nitrogen and oxygen atoms in total. The lowest BCUT2D eigenvalue weighted by molar-refractivity contribution is 0.175. The van der Waals surface area contributed by atoms with Crippen molar-refractivity contribution in [2.45, 2.75) is 39.7 Å². The first-order chi connectivity index (χ1) is 9.02. The molecule has 2 aromatic carbocycles. The van der Waals surface area contributed by atoms with Crippen molar-refractivity contribution in [3.8, 4) is 0 Å². The summed E-state index contributed by atoms with van der Waals surface area (Å²) in [5, 5.41) is 10.2. The summed E-state index contributed by atoms with van der Waals surface area (Å²) in [6.07, 6.45) is 1.12. The molecule has 2 aromatic rings. The Hall–Kier alpha value is -1.60. The molecule has 1 N–H and O–H groups in total. The quantitative estimate of drug-likeness (QED) is 0.881. The number of hydrogen-bond acceptors (Lipinski definition) is 1. The predicted octanol–water partition coefficient (Wildman–Crippen LogP) is 3.76. The normalized spacial score (nSPS) is 12.4. The Balaban J connectivity index is 2.00. The van der Waals surface area contributed by atoms with Crippen molar-refractivity contribution in [3.05, 3.63) is 70.3 Å². The zero-order valence-corrected chi connectivity index (χ0v) is 12.0. The monoisotopic (exact) mass is 254 g/mol. The van der Waals surface area contributed by atoms with Gasteiger partial charge in [-0.3, -0.25) is 0 Å². The van der Waals surface area contributed by atoms with Crippen LogP contribution in [-0.2, 0) is 12.8 Å². The number of hydrogen-bond donors (Lipinski definition) is 1. The lowest BCUT2D eigenvalue weighted by atomic mass is 9.98. The highest BCUT2D eigenvalue weighted by Crippen LogP contribution is 2.13. The Morgan fingerprint density at radius 1 is 0.737 bits per heavy atom. The largest absolute Gasteiger partial charge is 0.392 e. The molecule has 0 aliphatic heterocycles. The second-order valence-corrected chi connectivity index (χ2v) is 5.54. The predicted molar refractivity (Wildman–Crippen MR) is 80.5 cm³/mol. The molecule has 0 bridgehead atoms. The summed E-state index contributed by atoms with van der Waals surface area (Å²) in [4.78, 5) is 0. The van der Waals surface area contributed by atoms with Crippen LogP contribution in [0.1, 0.15) is 27.8 Å². The van der Waals surface area contributed by atoms with Crippen LogP contribution in [0.3, 0.4) is 0 Å². The highest BCUT2D eigenvalue weighted by molar-refractivity contribution is 5.29. The second-order valence-electron chi connectivity index (χ2n) is 5.54. The molecule has 0 aliphatic carbocycles. The Labute approximate surface area is 115 Å². The van der Waals surface area contributed by atoms with Crippen molar-refractivity contribution in [3.63, 3.8) is 0 Å². The van der Waals surface area contributed by atoms with Crippen LogP contribution in [0.4, 0.5) is 0 Å². The van der Waals surface area contributed by atoms with Crippen molar-refractivity contribution in [1.82, 2.24) is 0 Å². The van der Waals surface area contributed by atoms with Crippen molar-refractivity contribution >= 4 is 0 Å². The van der Waals surface area contributed by atoms with Crippen LogP contribution in [0.2, 0.25) is 0 Å². The third-order valence-corrected chi connectivity index (χ3v) is 3.34. The molecule has 0 fully saturated rings. The molecule has 19 heavy (non-hydrogen) atoms. The van der Waals surface area contributed by atoms with Crippen LogP contribution < -0.4 is 0 Å². The summed E-state index contributed by atoms with van der Waals surface area (Å²) in [5.74, 6) is 0. The van der Waals surface area contributed by atoms with E-state index in [1.54, 1.807) is 0 Å². The molecule has 0 saturated heterocycles. The minimum Gasteiger partial charge on any atom is -0.392 e. The summed E-state index contributed by atoms with van der Waals surface area (Å²) >= 11 is 0. The molecule has 0 heterocycles. The van der Waals surface area contributed by atoms with E-state index in [1.165, 1.54) is 27.8 Å². The molecule has 0 aliphatic rings. The first-order valence-electron chi connectivity index (χ1n) is 6.84. The number of aryl methyl sites for hydroxylation is 3. The summed E-state index contributed by atoms with van der Waals surface area (Å²) in [5.41, 5.74) is 6.20. The number of aliphatic hydroxyl groups is 1. The first-order valence-corrected chi connectivity index (χ1v) is 6.84. The fraction of sp³-hybridized carbons (Fsp3) is 0.333. The molecule has 100 valence electrons.